The summed E-state index contributed by atoms with van der Waals surface area (Å²) in [6, 6.07) is 0. The molecular weight excluding hydrogens is 276 g/mol. The number of aliphatic hydroxyl groups is 1. The second kappa shape index (κ2) is 13.4. The predicted octanol–water partition coefficient (Wildman–Crippen LogP) is 1.25. The highest BCUT2D eigenvalue weighted by molar-refractivity contribution is 4.52. The molecule has 128 valence electrons. The summed E-state index contributed by atoms with van der Waals surface area (Å²) >= 11 is 0. The van der Waals surface area contributed by atoms with Gasteiger partial charge in [0.25, 0.3) is 0 Å². The average molecular weight is 308 g/mol. The van der Waals surface area contributed by atoms with E-state index in [2.05, 4.69) is 0 Å². The first-order valence-corrected chi connectivity index (χ1v) is 7.55. The van der Waals surface area contributed by atoms with E-state index in [1.54, 1.807) is 14.0 Å². The molecule has 0 heterocycles. The first kappa shape index (κ1) is 20.8. The zero-order chi connectivity index (χ0) is 16.1. The first-order valence-electron chi connectivity index (χ1n) is 7.55. The van der Waals surface area contributed by atoms with Gasteiger partial charge in [0.15, 0.2) is 0 Å². The Morgan fingerprint density at radius 2 is 1.14 bits per heavy atom. The SMILES string of the molecule is COC(C)COCC(C)OCCOC(C)COCC(C)O. The van der Waals surface area contributed by atoms with Gasteiger partial charge >= 0.3 is 0 Å². The van der Waals surface area contributed by atoms with Crippen molar-refractivity contribution < 1.29 is 28.8 Å². The Morgan fingerprint density at radius 3 is 1.57 bits per heavy atom. The fraction of sp³-hybridized carbons (Fsp3) is 1.00. The molecule has 0 saturated heterocycles. The van der Waals surface area contributed by atoms with Gasteiger partial charge in [-0.15, -0.1) is 0 Å². The standard InChI is InChI=1S/C15H32O6/c1-12(16)8-18-10-14(3)20-6-7-21-15(4)11-19-9-13(2)17-5/h12-16H,6-11H2,1-5H3. The lowest BCUT2D eigenvalue weighted by molar-refractivity contribution is -0.0701. The van der Waals surface area contributed by atoms with Gasteiger partial charge in [-0.3, -0.25) is 0 Å². The highest BCUT2D eigenvalue weighted by atomic mass is 16.6. The van der Waals surface area contributed by atoms with Crippen molar-refractivity contribution in [3.8, 4) is 0 Å². The minimum absolute atomic E-state index is 0.0125. The van der Waals surface area contributed by atoms with E-state index in [1.807, 2.05) is 20.8 Å². The molecule has 21 heavy (non-hydrogen) atoms. The Morgan fingerprint density at radius 1 is 0.714 bits per heavy atom. The molecule has 0 radical (unpaired) electrons. The molecule has 0 aromatic heterocycles. The van der Waals surface area contributed by atoms with Crippen molar-refractivity contribution in [2.24, 2.45) is 0 Å². The Kier molecular flexibility index (Phi) is 13.3. The Balaban J connectivity index is 3.40. The van der Waals surface area contributed by atoms with Crippen LogP contribution in [0.2, 0.25) is 0 Å². The highest BCUT2D eigenvalue weighted by Gasteiger charge is 2.07. The largest absolute Gasteiger partial charge is 0.391 e. The topological polar surface area (TPSA) is 66.4 Å². The summed E-state index contributed by atoms with van der Waals surface area (Å²) in [7, 11) is 1.66. The highest BCUT2D eigenvalue weighted by Crippen LogP contribution is 1.97. The molecule has 0 aliphatic rings. The zero-order valence-electron chi connectivity index (χ0n) is 14.0. The molecule has 0 rings (SSSR count). The van der Waals surface area contributed by atoms with Crippen molar-refractivity contribution in [1.82, 2.24) is 0 Å². The second-order valence-corrected chi connectivity index (χ2v) is 5.33. The molecule has 0 fully saturated rings. The van der Waals surface area contributed by atoms with Crippen molar-refractivity contribution >= 4 is 0 Å². The summed E-state index contributed by atoms with van der Waals surface area (Å²) < 4.78 is 27.0. The number of ether oxygens (including phenoxy) is 5. The van der Waals surface area contributed by atoms with Crippen LogP contribution in [-0.2, 0) is 23.7 Å². The van der Waals surface area contributed by atoms with Crippen LogP contribution in [-0.4, -0.2) is 76.3 Å². The molecular formula is C15H32O6. The Hall–Kier alpha value is -0.240. The molecule has 6 nitrogen and oxygen atoms in total. The van der Waals surface area contributed by atoms with Crippen LogP contribution in [0.1, 0.15) is 27.7 Å². The Labute approximate surface area is 128 Å². The summed E-state index contributed by atoms with van der Waals surface area (Å²) in [5.41, 5.74) is 0. The van der Waals surface area contributed by atoms with E-state index < -0.39 is 6.10 Å². The monoisotopic (exact) mass is 308 g/mol. The van der Waals surface area contributed by atoms with Gasteiger partial charge in [0.2, 0.25) is 0 Å². The maximum atomic E-state index is 9.06. The van der Waals surface area contributed by atoms with Crippen LogP contribution < -0.4 is 0 Å². The molecule has 4 unspecified atom stereocenters. The van der Waals surface area contributed by atoms with Crippen LogP contribution in [0.15, 0.2) is 0 Å². The summed E-state index contributed by atoms with van der Waals surface area (Å²) in [6.07, 6.45) is -0.328. The summed E-state index contributed by atoms with van der Waals surface area (Å²) in [6.45, 7) is 10.5. The van der Waals surface area contributed by atoms with Crippen molar-refractivity contribution in [1.29, 1.82) is 0 Å². The average Bonchev–Trinajstić information content (AvgIpc) is 2.43. The molecule has 1 N–H and O–H groups in total. The molecule has 0 aliphatic carbocycles. The fourth-order valence-electron chi connectivity index (χ4n) is 1.47. The molecule has 0 aromatic carbocycles. The fourth-order valence-corrected chi connectivity index (χ4v) is 1.47. The molecule has 0 bridgehead atoms. The third-order valence-electron chi connectivity index (χ3n) is 2.71. The van der Waals surface area contributed by atoms with Crippen molar-refractivity contribution in [3.05, 3.63) is 0 Å². The maximum absolute atomic E-state index is 9.06. The van der Waals surface area contributed by atoms with E-state index >= 15 is 0 Å². The van der Waals surface area contributed by atoms with Gasteiger partial charge in [-0.1, -0.05) is 0 Å². The lowest BCUT2D eigenvalue weighted by atomic mass is 10.4. The van der Waals surface area contributed by atoms with Gasteiger partial charge in [-0.2, -0.15) is 0 Å². The number of hydrogen-bond donors (Lipinski definition) is 1. The molecule has 0 amide bonds. The number of aliphatic hydroxyl groups excluding tert-OH is 1. The number of hydrogen-bond acceptors (Lipinski definition) is 6. The van der Waals surface area contributed by atoms with Gasteiger partial charge in [0.05, 0.1) is 64.1 Å². The third-order valence-corrected chi connectivity index (χ3v) is 2.71. The molecule has 0 aliphatic heterocycles. The minimum Gasteiger partial charge on any atom is -0.391 e. The van der Waals surface area contributed by atoms with Crippen LogP contribution in [0, 0.1) is 0 Å². The van der Waals surface area contributed by atoms with Crippen molar-refractivity contribution in [3.63, 3.8) is 0 Å². The normalized spacial score (nSPS) is 17.4. The zero-order valence-corrected chi connectivity index (χ0v) is 14.0. The predicted molar refractivity (Wildman–Crippen MR) is 80.6 cm³/mol. The molecule has 0 spiro atoms. The Bertz CT molecular complexity index is 224. The third kappa shape index (κ3) is 14.5. The van der Waals surface area contributed by atoms with Crippen LogP contribution in [0.4, 0.5) is 0 Å². The van der Waals surface area contributed by atoms with Gasteiger partial charge in [-0.25, -0.2) is 0 Å². The first-order chi connectivity index (χ1) is 9.95. The van der Waals surface area contributed by atoms with E-state index in [9.17, 15) is 0 Å². The lowest BCUT2D eigenvalue weighted by Crippen LogP contribution is -2.24. The van der Waals surface area contributed by atoms with Gasteiger partial charge in [0.1, 0.15) is 0 Å². The molecule has 0 saturated carbocycles. The summed E-state index contributed by atoms with van der Waals surface area (Å²) in [5.74, 6) is 0. The van der Waals surface area contributed by atoms with E-state index in [1.165, 1.54) is 0 Å². The number of rotatable bonds is 14. The van der Waals surface area contributed by atoms with E-state index in [4.69, 9.17) is 28.8 Å². The van der Waals surface area contributed by atoms with Crippen LogP contribution >= 0.6 is 0 Å². The maximum Gasteiger partial charge on any atom is 0.0781 e. The lowest BCUT2D eigenvalue weighted by Gasteiger charge is -2.17. The molecule has 0 aromatic rings. The summed E-state index contributed by atoms with van der Waals surface area (Å²) in [5, 5.41) is 9.06. The van der Waals surface area contributed by atoms with Gasteiger partial charge < -0.3 is 28.8 Å². The van der Waals surface area contributed by atoms with Gasteiger partial charge in [0, 0.05) is 7.11 Å². The molecule has 4 atom stereocenters. The second-order valence-electron chi connectivity index (χ2n) is 5.33. The quantitative estimate of drug-likeness (QED) is 0.487. The van der Waals surface area contributed by atoms with E-state index in [-0.39, 0.29) is 18.3 Å². The number of methoxy groups -OCH3 is 1. The van der Waals surface area contributed by atoms with E-state index in [0.29, 0.717) is 39.6 Å². The smallest absolute Gasteiger partial charge is 0.0781 e. The summed E-state index contributed by atoms with van der Waals surface area (Å²) in [4.78, 5) is 0. The van der Waals surface area contributed by atoms with E-state index in [0.717, 1.165) is 0 Å². The van der Waals surface area contributed by atoms with Crippen LogP contribution in [0.25, 0.3) is 0 Å². The minimum atomic E-state index is -0.442. The van der Waals surface area contributed by atoms with Crippen molar-refractivity contribution in [2.45, 2.75) is 52.1 Å². The molecule has 6 heteroatoms. The van der Waals surface area contributed by atoms with Gasteiger partial charge in [-0.05, 0) is 27.7 Å². The van der Waals surface area contributed by atoms with Crippen molar-refractivity contribution in [2.75, 3.05) is 46.8 Å². The van der Waals surface area contributed by atoms with Crippen LogP contribution in [0.3, 0.4) is 0 Å². The van der Waals surface area contributed by atoms with Crippen LogP contribution in [0.5, 0.6) is 0 Å².